The molecule has 74 valence electrons. The molecule has 1 rings (SSSR count). The Morgan fingerprint density at radius 3 is 2.50 bits per heavy atom. The second-order valence-electron chi connectivity index (χ2n) is 2.87. The number of hydrogen-bond donors (Lipinski definition) is 0. The first-order valence-corrected chi connectivity index (χ1v) is 4.01. The molecule has 2 nitrogen and oxygen atoms in total. The standard InChI is InChI=1S/C10H9F2NO/c1-6-3-4-8(5-13)7(2)9(6)14-10(11)12/h3-4,10H,1-2H3. The molecule has 0 aliphatic rings. The van der Waals surface area contributed by atoms with Gasteiger partial charge in [-0.2, -0.15) is 14.0 Å². The van der Waals surface area contributed by atoms with Crippen molar-refractivity contribution < 1.29 is 13.5 Å². The molecule has 0 radical (unpaired) electrons. The average Bonchev–Trinajstić information content (AvgIpc) is 2.12. The van der Waals surface area contributed by atoms with Gasteiger partial charge in [-0.05, 0) is 25.5 Å². The Morgan fingerprint density at radius 1 is 1.36 bits per heavy atom. The van der Waals surface area contributed by atoms with E-state index >= 15 is 0 Å². The molecule has 0 aliphatic heterocycles. The molecule has 1 aromatic carbocycles. The number of hydrogen-bond acceptors (Lipinski definition) is 2. The number of ether oxygens (including phenoxy) is 1. The van der Waals surface area contributed by atoms with E-state index in [9.17, 15) is 8.78 Å². The van der Waals surface area contributed by atoms with Crippen LogP contribution in [-0.2, 0) is 0 Å². The Morgan fingerprint density at radius 2 is 2.00 bits per heavy atom. The highest BCUT2D eigenvalue weighted by atomic mass is 19.3. The van der Waals surface area contributed by atoms with E-state index in [1.807, 2.05) is 6.07 Å². The van der Waals surface area contributed by atoms with Crippen LogP contribution >= 0.6 is 0 Å². The Bertz CT molecular complexity index is 382. The Balaban J connectivity index is 3.20. The van der Waals surface area contributed by atoms with Gasteiger partial charge in [0.1, 0.15) is 5.75 Å². The van der Waals surface area contributed by atoms with E-state index in [-0.39, 0.29) is 5.75 Å². The van der Waals surface area contributed by atoms with Crippen molar-refractivity contribution in [2.75, 3.05) is 0 Å². The highest BCUT2D eigenvalue weighted by Gasteiger charge is 2.12. The highest BCUT2D eigenvalue weighted by molar-refractivity contribution is 5.49. The minimum absolute atomic E-state index is 0.0963. The number of rotatable bonds is 2. The molecule has 0 atom stereocenters. The van der Waals surface area contributed by atoms with Crippen LogP contribution < -0.4 is 4.74 Å². The van der Waals surface area contributed by atoms with Crippen LogP contribution in [0.4, 0.5) is 8.78 Å². The van der Waals surface area contributed by atoms with E-state index in [0.717, 1.165) is 0 Å². The van der Waals surface area contributed by atoms with Gasteiger partial charge in [-0.1, -0.05) is 6.07 Å². The van der Waals surface area contributed by atoms with Crippen molar-refractivity contribution in [1.82, 2.24) is 0 Å². The van der Waals surface area contributed by atoms with Gasteiger partial charge in [0, 0.05) is 5.56 Å². The lowest BCUT2D eigenvalue weighted by Crippen LogP contribution is -2.05. The van der Waals surface area contributed by atoms with Crippen LogP contribution in [0.2, 0.25) is 0 Å². The van der Waals surface area contributed by atoms with Crippen LogP contribution in [-0.4, -0.2) is 6.61 Å². The number of nitrogens with zero attached hydrogens (tertiary/aromatic N) is 1. The third kappa shape index (κ3) is 1.99. The predicted octanol–water partition coefficient (Wildman–Crippen LogP) is 2.78. The van der Waals surface area contributed by atoms with Crippen molar-refractivity contribution in [3.63, 3.8) is 0 Å². The highest BCUT2D eigenvalue weighted by Crippen LogP contribution is 2.27. The van der Waals surface area contributed by atoms with Crippen molar-refractivity contribution in [2.45, 2.75) is 20.5 Å². The molecule has 0 saturated heterocycles. The maximum atomic E-state index is 12.0. The maximum Gasteiger partial charge on any atom is 0.387 e. The second-order valence-corrected chi connectivity index (χ2v) is 2.87. The molecule has 0 aromatic heterocycles. The smallest absolute Gasteiger partial charge is 0.387 e. The molecule has 0 spiro atoms. The minimum Gasteiger partial charge on any atom is -0.434 e. The van der Waals surface area contributed by atoms with Crippen molar-refractivity contribution in [3.8, 4) is 11.8 Å². The summed E-state index contributed by atoms with van der Waals surface area (Å²) in [6, 6.07) is 5.08. The molecule has 0 amide bonds. The first-order valence-electron chi connectivity index (χ1n) is 4.01. The zero-order valence-corrected chi connectivity index (χ0v) is 7.84. The molecular weight excluding hydrogens is 188 g/mol. The van der Waals surface area contributed by atoms with Crippen LogP contribution in [0.5, 0.6) is 5.75 Å². The van der Waals surface area contributed by atoms with Crippen molar-refractivity contribution >= 4 is 0 Å². The second kappa shape index (κ2) is 4.05. The first-order chi connectivity index (χ1) is 6.56. The number of nitriles is 1. The molecule has 0 saturated carbocycles. The molecule has 1 aromatic rings. The Labute approximate surface area is 80.7 Å². The molecule has 0 bridgehead atoms. The lowest BCUT2D eigenvalue weighted by atomic mass is 10.1. The molecule has 0 aliphatic carbocycles. The summed E-state index contributed by atoms with van der Waals surface area (Å²) in [6.45, 7) is 0.385. The summed E-state index contributed by atoms with van der Waals surface area (Å²) in [5.74, 6) is 0.0963. The van der Waals surface area contributed by atoms with Gasteiger partial charge in [0.15, 0.2) is 0 Å². The average molecular weight is 197 g/mol. The normalized spacial score (nSPS) is 10.0. The van der Waals surface area contributed by atoms with Crippen molar-refractivity contribution in [1.29, 1.82) is 5.26 Å². The monoisotopic (exact) mass is 197 g/mol. The van der Waals surface area contributed by atoms with E-state index in [0.29, 0.717) is 16.7 Å². The van der Waals surface area contributed by atoms with Gasteiger partial charge in [-0.15, -0.1) is 0 Å². The molecule has 14 heavy (non-hydrogen) atoms. The van der Waals surface area contributed by atoms with E-state index in [1.54, 1.807) is 26.0 Å². The van der Waals surface area contributed by atoms with Gasteiger partial charge in [-0.25, -0.2) is 0 Å². The lowest BCUT2D eigenvalue weighted by Gasteiger charge is -2.11. The summed E-state index contributed by atoms with van der Waals surface area (Å²) in [4.78, 5) is 0. The quantitative estimate of drug-likeness (QED) is 0.730. The molecule has 0 fully saturated rings. The fourth-order valence-corrected chi connectivity index (χ4v) is 1.22. The molecule has 0 heterocycles. The van der Waals surface area contributed by atoms with Crippen LogP contribution in [0, 0.1) is 25.2 Å². The maximum absolute atomic E-state index is 12.0. The van der Waals surface area contributed by atoms with E-state index in [4.69, 9.17) is 5.26 Å². The fourth-order valence-electron chi connectivity index (χ4n) is 1.22. The summed E-state index contributed by atoms with van der Waals surface area (Å²) >= 11 is 0. The van der Waals surface area contributed by atoms with Crippen molar-refractivity contribution in [3.05, 3.63) is 28.8 Å². The van der Waals surface area contributed by atoms with Crippen LogP contribution in [0.3, 0.4) is 0 Å². The first kappa shape index (κ1) is 10.5. The molecule has 0 N–H and O–H groups in total. The molecular formula is C10H9F2NO. The van der Waals surface area contributed by atoms with Crippen molar-refractivity contribution in [2.24, 2.45) is 0 Å². The van der Waals surface area contributed by atoms with Gasteiger partial charge >= 0.3 is 6.61 Å². The number of halogens is 2. The van der Waals surface area contributed by atoms with E-state index in [1.165, 1.54) is 0 Å². The zero-order chi connectivity index (χ0) is 10.7. The number of benzene rings is 1. The van der Waals surface area contributed by atoms with Gasteiger partial charge in [0.25, 0.3) is 0 Å². The lowest BCUT2D eigenvalue weighted by molar-refractivity contribution is -0.0507. The third-order valence-electron chi connectivity index (χ3n) is 1.93. The Kier molecular flexibility index (Phi) is 3.03. The number of alkyl halides is 2. The fraction of sp³-hybridized carbons (Fsp3) is 0.300. The van der Waals surface area contributed by atoms with E-state index in [2.05, 4.69) is 4.74 Å². The summed E-state index contributed by atoms with van der Waals surface area (Å²) in [6.07, 6.45) is 0. The summed E-state index contributed by atoms with van der Waals surface area (Å²) in [5.41, 5.74) is 1.40. The third-order valence-corrected chi connectivity index (χ3v) is 1.93. The van der Waals surface area contributed by atoms with Crippen LogP contribution in [0.15, 0.2) is 12.1 Å². The van der Waals surface area contributed by atoms with Crippen LogP contribution in [0.1, 0.15) is 16.7 Å². The van der Waals surface area contributed by atoms with Gasteiger partial charge in [0.05, 0.1) is 11.6 Å². The van der Waals surface area contributed by atoms with Gasteiger partial charge in [0.2, 0.25) is 0 Å². The zero-order valence-electron chi connectivity index (χ0n) is 7.84. The Hall–Kier alpha value is -1.63. The van der Waals surface area contributed by atoms with E-state index < -0.39 is 6.61 Å². The summed E-state index contributed by atoms with van der Waals surface area (Å²) in [7, 11) is 0. The summed E-state index contributed by atoms with van der Waals surface area (Å²) < 4.78 is 28.4. The number of aryl methyl sites for hydroxylation is 1. The van der Waals surface area contributed by atoms with Gasteiger partial charge in [-0.3, -0.25) is 0 Å². The van der Waals surface area contributed by atoms with Gasteiger partial charge < -0.3 is 4.74 Å². The topological polar surface area (TPSA) is 33.0 Å². The largest absolute Gasteiger partial charge is 0.434 e. The minimum atomic E-state index is -2.86. The molecule has 4 heteroatoms. The van der Waals surface area contributed by atoms with Crippen LogP contribution in [0.25, 0.3) is 0 Å². The summed E-state index contributed by atoms with van der Waals surface area (Å²) in [5, 5.41) is 8.67. The predicted molar refractivity (Wildman–Crippen MR) is 47.3 cm³/mol. The molecule has 0 unspecified atom stereocenters. The SMILES string of the molecule is Cc1ccc(C#N)c(C)c1OC(F)F.